The molecule has 34 heavy (non-hydrogen) atoms. The molecule has 0 saturated carbocycles. The quantitative estimate of drug-likeness (QED) is 0.483. The summed E-state index contributed by atoms with van der Waals surface area (Å²) >= 11 is 0. The van der Waals surface area contributed by atoms with Crippen LogP contribution in [0.3, 0.4) is 0 Å². The Bertz CT molecular complexity index is 1280. The van der Waals surface area contributed by atoms with Gasteiger partial charge in [-0.2, -0.15) is 4.72 Å². The molecule has 0 fully saturated rings. The lowest BCUT2D eigenvalue weighted by atomic mass is 10.1. The second-order valence-corrected chi connectivity index (χ2v) is 9.50. The molecule has 0 bridgehead atoms. The average molecular weight is 483 g/mol. The summed E-state index contributed by atoms with van der Waals surface area (Å²) in [6.07, 6.45) is 0.173. The first-order valence-corrected chi connectivity index (χ1v) is 12.3. The molecule has 0 saturated heterocycles. The molecular weight excluding hydrogens is 456 g/mol. The number of hydrogen-bond donors (Lipinski definition) is 2. The number of ether oxygens (including phenoxy) is 3. The highest BCUT2D eigenvalue weighted by Gasteiger charge is 2.27. The summed E-state index contributed by atoms with van der Waals surface area (Å²) in [6.45, 7) is 4.23. The van der Waals surface area contributed by atoms with Crippen LogP contribution >= 0.6 is 0 Å². The zero-order valence-electron chi connectivity index (χ0n) is 18.9. The Hall–Kier alpha value is -3.56. The van der Waals surface area contributed by atoms with Crippen LogP contribution in [0.1, 0.15) is 18.1 Å². The number of rotatable bonds is 9. The van der Waals surface area contributed by atoms with E-state index in [0.717, 1.165) is 5.56 Å². The minimum atomic E-state index is -3.99. The number of sulfonamides is 1. The van der Waals surface area contributed by atoms with Gasteiger partial charge in [-0.15, -0.1) is 0 Å². The lowest BCUT2D eigenvalue weighted by Crippen LogP contribution is -2.45. The van der Waals surface area contributed by atoms with Crippen molar-refractivity contribution in [3.05, 3.63) is 77.9 Å². The fourth-order valence-corrected chi connectivity index (χ4v) is 4.88. The summed E-state index contributed by atoms with van der Waals surface area (Å²) in [7, 11) is -3.99. The number of carbonyl (C=O) groups excluding carboxylic acids is 1. The van der Waals surface area contributed by atoms with Crippen molar-refractivity contribution in [1.82, 2.24) is 4.72 Å². The van der Waals surface area contributed by atoms with Gasteiger partial charge in [-0.3, -0.25) is 4.79 Å². The molecule has 9 heteroatoms. The van der Waals surface area contributed by atoms with Gasteiger partial charge in [-0.05, 0) is 61.7 Å². The van der Waals surface area contributed by atoms with Gasteiger partial charge in [0.15, 0.2) is 11.5 Å². The minimum absolute atomic E-state index is 0.0578. The number of aryl methyl sites for hydroxylation is 1. The molecule has 2 N–H and O–H groups in total. The molecule has 0 spiro atoms. The largest absolute Gasteiger partial charge is 0.494 e. The van der Waals surface area contributed by atoms with Crippen LogP contribution in [0, 0.1) is 6.92 Å². The molecule has 8 nitrogen and oxygen atoms in total. The molecule has 0 unspecified atom stereocenters. The predicted molar refractivity (Wildman–Crippen MR) is 128 cm³/mol. The monoisotopic (exact) mass is 482 g/mol. The maximum absolute atomic E-state index is 13.2. The van der Waals surface area contributed by atoms with Crippen LogP contribution in [-0.4, -0.2) is 33.8 Å². The number of nitrogens with one attached hydrogen (secondary N) is 2. The van der Waals surface area contributed by atoms with Crippen LogP contribution in [0.4, 0.5) is 5.69 Å². The molecule has 178 valence electrons. The van der Waals surface area contributed by atoms with E-state index >= 15 is 0 Å². The molecule has 4 rings (SSSR count). The van der Waals surface area contributed by atoms with Gasteiger partial charge in [0.25, 0.3) is 0 Å². The number of amides is 1. The van der Waals surface area contributed by atoms with Crippen LogP contribution in [0.2, 0.25) is 0 Å². The van der Waals surface area contributed by atoms with Crippen LogP contribution in [-0.2, 0) is 21.2 Å². The SMILES string of the molecule is CCOc1ccc(S(=O)(=O)N[C@@H](Cc2ccccc2)C(=O)Nc2ccc3c(c2)OCO3)cc1C. The van der Waals surface area contributed by atoms with Crippen LogP contribution in [0.15, 0.2) is 71.6 Å². The van der Waals surface area contributed by atoms with E-state index in [1.165, 1.54) is 12.1 Å². The third-order valence-corrected chi connectivity index (χ3v) is 6.76. The number of hydrogen-bond acceptors (Lipinski definition) is 6. The smallest absolute Gasteiger partial charge is 0.242 e. The van der Waals surface area contributed by atoms with Crippen LogP contribution in [0.25, 0.3) is 0 Å². The summed E-state index contributed by atoms with van der Waals surface area (Å²) in [6, 6.07) is 17.8. The van der Waals surface area contributed by atoms with Gasteiger partial charge < -0.3 is 19.5 Å². The topological polar surface area (TPSA) is 103 Å². The minimum Gasteiger partial charge on any atom is -0.494 e. The Balaban J connectivity index is 1.57. The fraction of sp³-hybridized carbons (Fsp3) is 0.240. The zero-order valence-corrected chi connectivity index (χ0v) is 19.7. The number of benzene rings is 3. The molecule has 1 amide bonds. The molecule has 0 radical (unpaired) electrons. The van der Waals surface area contributed by atoms with Gasteiger partial charge in [0, 0.05) is 11.8 Å². The predicted octanol–water partition coefficient (Wildman–Crippen LogP) is 3.65. The molecule has 1 aliphatic heterocycles. The first-order valence-electron chi connectivity index (χ1n) is 10.9. The third kappa shape index (κ3) is 5.49. The molecule has 0 aromatic heterocycles. The normalized spacial score (nSPS) is 13.4. The van der Waals surface area contributed by atoms with Crippen LogP contribution < -0.4 is 24.2 Å². The van der Waals surface area contributed by atoms with Crippen molar-refractivity contribution in [3.8, 4) is 17.2 Å². The molecule has 0 aliphatic carbocycles. The molecule has 1 atom stereocenters. The lowest BCUT2D eigenvalue weighted by Gasteiger charge is -2.19. The van der Waals surface area contributed by atoms with Crippen molar-refractivity contribution in [2.24, 2.45) is 0 Å². The Kier molecular flexibility index (Phi) is 7.04. The van der Waals surface area contributed by atoms with Crippen molar-refractivity contribution >= 4 is 21.6 Å². The Morgan fingerprint density at radius 2 is 1.79 bits per heavy atom. The van der Waals surface area contributed by atoms with Crippen molar-refractivity contribution in [3.63, 3.8) is 0 Å². The second kappa shape index (κ2) is 10.1. The van der Waals surface area contributed by atoms with E-state index < -0.39 is 22.0 Å². The number of fused-ring (bicyclic) bond motifs is 1. The maximum atomic E-state index is 13.2. The molecule has 1 heterocycles. The van der Waals surface area contributed by atoms with E-state index in [4.69, 9.17) is 14.2 Å². The van der Waals surface area contributed by atoms with Gasteiger partial charge in [-0.1, -0.05) is 30.3 Å². The average Bonchev–Trinajstić information content (AvgIpc) is 3.28. The molecule has 3 aromatic rings. The second-order valence-electron chi connectivity index (χ2n) is 7.78. The van der Waals surface area contributed by atoms with Crippen LogP contribution in [0.5, 0.6) is 17.2 Å². The first-order chi connectivity index (χ1) is 16.4. The van der Waals surface area contributed by atoms with E-state index in [9.17, 15) is 13.2 Å². The van der Waals surface area contributed by atoms with E-state index in [1.54, 1.807) is 31.2 Å². The Morgan fingerprint density at radius 3 is 2.53 bits per heavy atom. The summed E-state index contributed by atoms with van der Waals surface area (Å²) < 4.78 is 45.1. The van der Waals surface area contributed by atoms with Gasteiger partial charge in [0.2, 0.25) is 22.7 Å². The van der Waals surface area contributed by atoms with Crippen molar-refractivity contribution in [2.45, 2.75) is 31.2 Å². The Labute approximate surface area is 198 Å². The van der Waals surface area contributed by atoms with E-state index in [2.05, 4.69) is 10.0 Å². The van der Waals surface area contributed by atoms with Gasteiger partial charge in [0.05, 0.1) is 11.5 Å². The lowest BCUT2D eigenvalue weighted by molar-refractivity contribution is -0.117. The highest BCUT2D eigenvalue weighted by molar-refractivity contribution is 7.89. The van der Waals surface area contributed by atoms with E-state index in [1.807, 2.05) is 37.3 Å². The van der Waals surface area contributed by atoms with E-state index in [-0.39, 0.29) is 18.1 Å². The molecule has 3 aromatic carbocycles. The molecular formula is C25H26N2O6S. The fourth-order valence-electron chi connectivity index (χ4n) is 3.60. The highest BCUT2D eigenvalue weighted by atomic mass is 32.2. The van der Waals surface area contributed by atoms with Crippen molar-refractivity contribution < 1.29 is 27.4 Å². The summed E-state index contributed by atoms with van der Waals surface area (Å²) in [5.74, 6) is 1.23. The zero-order chi connectivity index (χ0) is 24.1. The summed E-state index contributed by atoms with van der Waals surface area (Å²) in [5, 5.41) is 2.78. The van der Waals surface area contributed by atoms with Crippen molar-refractivity contribution in [1.29, 1.82) is 0 Å². The maximum Gasteiger partial charge on any atom is 0.242 e. The van der Waals surface area contributed by atoms with E-state index in [0.29, 0.717) is 35.1 Å². The van der Waals surface area contributed by atoms with Gasteiger partial charge >= 0.3 is 0 Å². The number of carbonyl (C=O) groups is 1. The number of anilines is 1. The first kappa shape index (κ1) is 23.6. The Morgan fingerprint density at radius 1 is 1.03 bits per heavy atom. The van der Waals surface area contributed by atoms with Gasteiger partial charge in [0.1, 0.15) is 11.8 Å². The third-order valence-electron chi connectivity index (χ3n) is 5.29. The standard InChI is InChI=1S/C25H26N2O6S/c1-3-31-22-12-10-20(13-17(22)2)34(29,30)27-21(14-18-7-5-4-6-8-18)25(28)26-19-9-11-23-24(15-19)33-16-32-23/h4-13,15,21,27H,3,14,16H2,1-2H3,(H,26,28)/t21-/m0/s1. The summed E-state index contributed by atoms with van der Waals surface area (Å²) in [5.41, 5.74) is 1.98. The van der Waals surface area contributed by atoms with Gasteiger partial charge in [-0.25, -0.2) is 8.42 Å². The summed E-state index contributed by atoms with van der Waals surface area (Å²) in [4.78, 5) is 13.3. The highest BCUT2D eigenvalue weighted by Crippen LogP contribution is 2.34. The molecule has 1 aliphatic rings. The van der Waals surface area contributed by atoms with Crippen molar-refractivity contribution in [2.75, 3.05) is 18.7 Å².